The highest BCUT2D eigenvalue weighted by molar-refractivity contribution is 7.80. The molecule has 1 aromatic carbocycles. The molecule has 1 amide bonds. The number of aromatic hydroxyl groups is 2. The fraction of sp³-hybridized carbons (Fsp3) is 0.273. The first kappa shape index (κ1) is 13.2. The molecule has 0 aliphatic rings. The molecule has 0 aliphatic heterocycles. The van der Waals surface area contributed by atoms with Crippen molar-refractivity contribution in [2.45, 2.75) is 6.92 Å². The minimum absolute atomic E-state index is 0.187. The molecule has 0 fully saturated rings. The molecule has 0 heterocycles. The van der Waals surface area contributed by atoms with Crippen LogP contribution < -0.4 is 5.73 Å². The van der Waals surface area contributed by atoms with E-state index in [1.54, 1.807) is 6.92 Å². The number of rotatable bonds is 4. The van der Waals surface area contributed by atoms with Crippen LogP contribution in [0.4, 0.5) is 0 Å². The molecule has 4 N–H and O–H groups in total. The van der Waals surface area contributed by atoms with Crippen molar-refractivity contribution in [3.8, 4) is 11.5 Å². The number of nitrogens with zero attached hydrogens (tertiary/aromatic N) is 1. The number of hydrogen-bond donors (Lipinski definition) is 3. The summed E-state index contributed by atoms with van der Waals surface area (Å²) in [4.78, 5) is 13.7. The normalized spacial score (nSPS) is 9.94. The van der Waals surface area contributed by atoms with Crippen LogP contribution in [-0.2, 0) is 0 Å². The Morgan fingerprint density at radius 2 is 2.06 bits per heavy atom. The van der Waals surface area contributed by atoms with Gasteiger partial charge < -0.3 is 20.8 Å². The second kappa shape index (κ2) is 5.49. The lowest BCUT2D eigenvalue weighted by Crippen LogP contribution is -2.37. The van der Waals surface area contributed by atoms with E-state index in [9.17, 15) is 9.90 Å². The second-order valence-electron chi connectivity index (χ2n) is 3.49. The first-order chi connectivity index (χ1) is 7.95. The summed E-state index contributed by atoms with van der Waals surface area (Å²) in [7, 11) is 0. The Morgan fingerprint density at radius 1 is 1.41 bits per heavy atom. The van der Waals surface area contributed by atoms with Crippen molar-refractivity contribution in [3.63, 3.8) is 0 Å². The number of phenols is 2. The van der Waals surface area contributed by atoms with Crippen molar-refractivity contribution in [2.75, 3.05) is 13.1 Å². The van der Waals surface area contributed by atoms with Crippen molar-refractivity contribution in [1.82, 2.24) is 4.90 Å². The number of benzene rings is 1. The number of carbonyl (C=O) groups is 1. The SMILES string of the molecule is CCN(CC(N)=S)C(=O)c1ccc(O)c(O)c1. The molecule has 0 atom stereocenters. The predicted octanol–water partition coefficient (Wildman–Crippen LogP) is 0.846. The van der Waals surface area contributed by atoms with Gasteiger partial charge in [0.1, 0.15) is 0 Å². The van der Waals surface area contributed by atoms with Crippen LogP contribution in [0.3, 0.4) is 0 Å². The van der Waals surface area contributed by atoms with Gasteiger partial charge in [0.05, 0.1) is 11.5 Å². The van der Waals surface area contributed by atoms with Crippen LogP contribution in [0.5, 0.6) is 11.5 Å². The van der Waals surface area contributed by atoms with Gasteiger partial charge in [-0.25, -0.2) is 0 Å². The van der Waals surface area contributed by atoms with Gasteiger partial charge in [0.15, 0.2) is 11.5 Å². The van der Waals surface area contributed by atoms with Gasteiger partial charge in [0.2, 0.25) is 0 Å². The monoisotopic (exact) mass is 254 g/mol. The van der Waals surface area contributed by atoms with Gasteiger partial charge in [-0.15, -0.1) is 0 Å². The number of phenolic OH excluding ortho intramolecular Hbond substituents is 2. The topological polar surface area (TPSA) is 86.8 Å². The summed E-state index contributed by atoms with van der Waals surface area (Å²) in [5.41, 5.74) is 5.66. The molecule has 92 valence electrons. The predicted molar refractivity (Wildman–Crippen MR) is 68.1 cm³/mol. The summed E-state index contributed by atoms with van der Waals surface area (Å²) in [6.07, 6.45) is 0. The van der Waals surface area contributed by atoms with Crippen molar-refractivity contribution >= 4 is 23.1 Å². The van der Waals surface area contributed by atoms with E-state index in [2.05, 4.69) is 0 Å². The zero-order valence-electron chi connectivity index (χ0n) is 9.38. The van der Waals surface area contributed by atoms with Crippen LogP contribution >= 0.6 is 12.2 Å². The van der Waals surface area contributed by atoms with Crippen LogP contribution in [-0.4, -0.2) is 39.1 Å². The van der Waals surface area contributed by atoms with Gasteiger partial charge in [0, 0.05) is 12.1 Å². The second-order valence-corrected chi connectivity index (χ2v) is 4.01. The minimum atomic E-state index is -0.331. The van der Waals surface area contributed by atoms with Crippen LogP contribution in [0.1, 0.15) is 17.3 Å². The maximum absolute atomic E-state index is 12.0. The Bertz CT molecular complexity index is 448. The molecular formula is C11H14N2O3S. The smallest absolute Gasteiger partial charge is 0.254 e. The largest absolute Gasteiger partial charge is 0.504 e. The molecule has 17 heavy (non-hydrogen) atoms. The van der Waals surface area contributed by atoms with E-state index in [-0.39, 0.29) is 34.5 Å². The van der Waals surface area contributed by atoms with Crippen LogP contribution in [0.2, 0.25) is 0 Å². The summed E-state index contributed by atoms with van der Waals surface area (Å²) in [6, 6.07) is 3.90. The third-order valence-electron chi connectivity index (χ3n) is 2.24. The van der Waals surface area contributed by atoms with E-state index in [1.165, 1.54) is 23.1 Å². The molecular weight excluding hydrogens is 240 g/mol. The average molecular weight is 254 g/mol. The Kier molecular flexibility index (Phi) is 4.28. The van der Waals surface area contributed by atoms with Gasteiger partial charge in [-0.2, -0.15) is 0 Å². The molecule has 0 saturated heterocycles. The Balaban J connectivity index is 2.93. The Labute approximate surface area is 104 Å². The summed E-state index contributed by atoms with van der Waals surface area (Å²) in [5.74, 6) is -0.892. The van der Waals surface area contributed by atoms with E-state index in [0.717, 1.165) is 0 Å². The Hall–Kier alpha value is -1.82. The quantitative estimate of drug-likeness (QED) is 0.547. The van der Waals surface area contributed by atoms with E-state index in [1.807, 2.05) is 0 Å². The molecule has 0 bridgehead atoms. The zero-order chi connectivity index (χ0) is 13.0. The third kappa shape index (κ3) is 3.32. The maximum Gasteiger partial charge on any atom is 0.254 e. The molecule has 1 rings (SSSR count). The highest BCUT2D eigenvalue weighted by Gasteiger charge is 2.16. The maximum atomic E-state index is 12.0. The Morgan fingerprint density at radius 3 is 2.53 bits per heavy atom. The summed E-state index contributed by atoms with van der Waals surface area (Å²) >= 11 is 4.75. The van der Waals surface area contributed by atoms with Gasteiger partial charge in [-0.1, -0.05) is 12.2 Å². The van der Waals surface area contributed by atoms with Crippen molar-refractivity contribution in [3.05, 3.63) is 23.8 Å². The number of likely N-dealkylation sites (N-methyl/N-ethyl adjacent to an activating group) is 1. The standard InChI is InChI=1S/C11H14N2O3S/c1-2-13(6-10(12)17)11(16)7-3-4-8(14)9(15)5-7/h3-5,14-15H,2,6H2,1H3,(H2,12,17). The fourth-order valence-electron chi connectivity index (χ4n) is 1.35. The molecule has 0 radical (unpaired) electrons. The summed E-state index contributed by atoms with van der Waals surface area (Å²) < 4.78 is 0. The van der Waals surface area contributed by atoms with Gasteiger partial charge in [-0.3, -0.25) is 4.79 Å². The minimum Gasteiger partial charge on any atom is -0.504 e. The van der Waals surface area contributed by atoms with Crippen molar-refractivity contribution in [1.29, 1.82) is 0 Å². The average Bonchev–Trinajstić information content (AvgIpc) is 2.28. The lowest BCUT2D eigenvalue weighted by atomic mass is 10.1. The van der Waals surface area contributed by atoms with Crippen LogP contribution in [0.15, 0.2) is 18.2 Å². The van der Waals surface area contributed by atoms with E-state index in [0.29, 0.717) is 6.54 Å². The van der Waals surface area contributed by atoms with E-state index < -0.39 is 0 Å². The van der Waals surface area contributed by atoms with E-state index >= 15 is 0 Å². The first-order valence-electron chi connectivity index (χ1n) is 5.05. The first-order valence-corrected chi connectivity index (χ1v) is 5.46. The van der Waals surface area contributed by atoms with Crippen molar-refractivity contribution in [2.24, 2.45) is 5.73 Å². The van der Waals surface area contributed by atoms with Gasteiger partial charge >= 0.3 is 0 Å². The van der Waals surface area contributed by atoms with E-state index in [4.69, 9.17) is 23.1 Å². The van der Waals surface area contributed by atoms with Crippen LogP contribution in [0.25, 0.3) is 0 Å². The molecule has 6 heteroatoms. The van der Waals surface area contributed by atoms with Gasteiger partial charge in [0.25, 0.3) is 5.91 Å². The molecule has 0 aromatic heterocycles. The molecule has 0 unspecified atom stereocenters. The van der Waals surface area contributed by atoms with Crippen molar-refractivity contribution < 1.29 is 15.0 Å². The van der Waals surface area contributed by atoms with Gasteiger partial charge in [-0.05, 0) is 25.1 Å². The molecule has 5 nitrogen and oxygen atoms in total. The highest BCUT2D eigenvalue weighted by atomic mass is 32.1. The molecule has 1 aromatic rings. The number of amides is 1. The zero-order valence-corrected chi connectivity index (χ0v) is 10.2. The molecule has 0 aliphatic carbocycles. The number of thiocarbonyl (C=S) groups is 1. The third-order valence-corrected chi connectivity index (χ3v) is 2.37. The molecule has 0 spiro atoms. The summed E-state index contributed by atoms with van der Waals surface area (Å²) in [6.45, 7) is 2.44. The number of carbonyl (C=O) groups excluding carboxylic acids is 1. The van der Waals surface area contributed by atoms with Crippen LogP contribution in [0, 0.1) is 0 Å². The number of hydrogen-bond acceptors (Lipinski definition) is 4. The highest BCUT2D eigenvalue weighted by Crippen LogP contribution is 2.25. The lowest BCUT2D eigenvalue weighted by Gasteiger charge is -2.20. The summed E-state index contributed by atoms with van der Waals surface area (Å²) in [5, 5.41) is 18.5. The number of nitrogens with two attached hydrogens (primary N) is 1. The molecule has 0 saturated carbocycles. The lowest BCUT2D eigenvalue weighted by molar-refractivity contribution is 0.0787. The fourth-order valence-corrected chi connectivity index (χ4v) is 1.51.